The molecule has 6 heteroatoms. The standard InChI is InChI=1S/C18H23F2N3O/c1-11-18(12(2)22(3)21-11)16-5-4-8-23(16)10-17(24)14-9-13(19)6-7-15(14)20/h6-7,9,16-17,24H,4-5,8,10H2,1-3H3/t16-,17-/m1/s1. The maximum Gasteiger partial charge on any atom is 0.129 e. The van der Waals surface area contributed by atoms with Crippen molar-refractivity contribution in [2.24, 2.45) is 7.05 Å². The summed E-state index contributed by atoms with van der Waals surface area (Å²) in [6.07, 6.45) is 0.932. The predicted octanol–water partition coefficient (Wildman–Crippen LogP) is 3.19. The number of benzene rings is 1. The van der Waals surface area contributed by atoms with Crippen LogP contribution in [0.25, 0.3) is 0 Å². The number of aliphatic hydroxyl groups is 1. The number of aryl methyl sites for hydroxylation is 2. The van der Waals surface area contributed by atoms with E-state index in [1.165, 1.54) is 5.56 Å². The minimum absolute atomic E-state index is 0.0141. The van der Waals surface area contributed by atoms with E-state index in [2.05, 4.69) is 10.00 Å². The van der Waals surface area contributed by atoms with Gasteiger partial charge in [0, 0.05) is 36.5 Å². The fourth-order valence-corrected chi connectivity index (χ4v) is 3.73. The quantitative estimate of drug-likeness (QED) is 0.933. The van der Waals surface area contributed by atoms with Crippen LogP contribution in [0.5, 0.6) is 0 Å². The van der Waals surface area contributed by atoms with Crippen molar-refractivity contribution in [3.8, 4) is 0 Å². The Bertz CT molecular complexity index is 744. The number of hydrogen-bond donors (Lipinski definition) is 1. The number of nitrogens with zero attached hydrogens (tertiary/aromatic N) is 3. The first-order chi connectivity index (χ1) is 11.4. The molecular formula is C18H23F2N3O. The topological polar surface area (TPSA) is 41.3 Å². The number of β-amino-alcohol motifs (C(OH)–C–C–N with tert-alkyl or cyclic N) is 1. The predicted molar refractivity (Wildman–Crippen MR) is 87.5 cm³/mol. The molecule has 0 amide bonds. The van der Waals surface area contributed by atoms with Crippen LogP contribution in [0.3, 0.4) is 0 Å². The molecule has 2 heterocycles. The third-order valence-electron chi connectivity index (χ3n) is 4.99. The summed E-state index contributed by atoms with van der Waals surface area (Å²) in [6.45, 7) is 5.13. The fraction of sp³-hybridized carbons (Fsp3) is 0.500. The van der Waals surface area contributed by atoms with Gasteiger partial charge >= 0.3 is 0 Å². The Balaban J connectivity index is 1.82. The summed E-state index contributed by atoms with van der Waals surface area (Å²) < 4.78 is 29.1. The first kappa shape index (κ1) is 17.0. The molecule has 0 saturated carbocycles. The number of halogens is 2. The summed E-state index contributed by atoms with van der Waals surface area (Å²) in [5, 5.41) is 14.9. The average Bonchev–Trinajstić information content (AvgIpc) is 3.06. The third kappa shape index (κ3) is 3.08. The molecule has 3 rings (SSSR count). The van der Waals surface area contributed by atoms with Crippen molar-refractivity contribution in [1.29, 1.82) is 0 Å². The molecule has 1 aromatic carbocycles. The zero-order valence-corrected chi connectivity index (χ0v) is 14.3. The van der Waals surface area contributed by atoms with Gasteiger partial charge in [-0.2, -0.15) is 5.10 Å². The number of hydrogen-bond acceptors (Lipinski definition) is 3. The highest BCUT2D eigenvalue weighted by Crippen LogP contribution is 2.36. The lowest BCUT2D eigenvalue weighted by atomic mass is 10.0. The average molecular weight is 335 g/mol. The maximum atomic E-state index is 13.9. The summed E-state index contributed by atoms with van der Waals surface area (Å²) in [5.74, 6) is -1.12. The van der Waals surface area contributed by atoms with Crippen molar-refractivity contribution < 1.29 is 13.9 Å². The van der Waals surface area contributed by atoms with Gasteiger partial charge in [-0.1, -0.05) is 0 Å². The second-order valence-corrected chi connectivity index (χ2v) is 6.54. The van der Waals surface area contributed by atoms with Gasteiger partial charge in [-0.15, -0.1) is 0 Å². The van der Waals surface area contributed by atoms with Crippen molar-refractivity contribution in [3.05, 3.63) is 52.3 Å². The van der Waals surface area contributed by atoms with Crippen molar-refractivity contribution >= 4 is 0 Å². The number of rotatable bonds is 4. The summed E-state index contributed by atoms with van der Waals surface area (Å²) in [4.78, 5) is 2.14. The number of aromatic nitrogens is 2. The highest BCUT2D eigenvalue weighted by Gasteiger charge is 2.32. The molecule has 0 radical (unpaired) electrons. The van der Waals surface area contributed by atoms with Gasteiger partial charge in [0.05, 0.1) is 11.8 Å². The van der Waals surface area contributed by atoms with Crippen molar-refractivity contribution in [3.63, 3.8) is 0 Å². The second kappa shape index (κ2) is 6.61. The van der Waals surface area contributed by atoms with Crippen LogP contribution in [0.1, 0.15) is 47.5 Å². The molecule has 0 unspecified atom stereocenters. The largest absolute Gasteiger partial charge is 0.387 e. The van der Waals surface area contributed by atoms with E-state index in [0.717, 1.165) is 49.0 Å². The Hall–Kier alpha value is -1.79. The molecule has 1 aromatic heterocycles. The lowest BCUT2D eigenvalue weighted by Crippen LogP contribution is -2.29. The van der Waals surface area contributed by atoms with Crippen LogP contribution < -0.4 is 0 Å². The van der Waals surface area contributed by atoms with E-state index in [1.807, 2.05) is 25.6 Å². The molecule has 1 saturated heterocycles. The Labute approximate surface area is 140 Å². The van der Waals surface area contributed by atoms with Crippen LogP contribution >= 0.6 is 0 Å². The van der Waals surface area contributed by atoms with Crippen LogP contribution in [0, 0.1) is 25.5 Å². The molecule has 1 aliphatic rings. The summed E-state index contributed by atoms with van der Waals surface area (Å²) in [5.41, 5.74) is 3.29. The first-order valence-electron chi connectivity index (χ1n) is 8.25. The SMILES string of the molecule is Cc1nn(C)c(C)c1[C@H]1CCCN1C[C@@H](O)c1cc(F)ccc1F. The van der Waals surface area contributed by atoms with Gasteiger partial charge in [0.2, 0.25) is 0 Å². The molecule has 2 aromatic rings. The highest BCUT2D eigenvalue weighted by atomic mass is 19.1. The van der Waals surface area contributed by atoms with Crippen LogP contribution in [-0.2, 0) is 7.05 Å². The Morgan fingerprint density at radius 2 is 2.08 bits per heavy atom. The van der Waals surface area contributed by atoms with Crippen molar-refractivity contribution in [2.75, 3.05) is 13.1 Å². The van der Waals surface area contributed by atoms with E-state index in [1.54, 1.807) is 0 Å². The van der Waals surface area contributed by atoms with E-state index >= 15 is 0 Å². The monoisotopic (exact) mass is 335 g/mol. The number of likely N-dealkylation sites (tertiary alicyclic amines) is 1. The van der Waals surface area contributed by atoms with Crippen molar-refractivity contribution in [2.45, 2.75) is 38.8 Å². The minimum atomic E-state index is -1.06. The normalized spacial score (nSPS) is 19.8. The molecule has 0 aliphatic carbocycles. The molecular weight excluding hydrogens is 312 g/mol. The molecule has 1 N–H and O–H groups in total. The van der Waals surface area contributed by atoms with Gasteiger partial charge in [0.15, 0.2) is 0 Å². The zero-order chi connectivity index (χ0) is 17.4. The van der Waals surface area contributed by atoms with Crippen LogP contribution in [0.4, 0.5) is 8.78 Å². The Morgan fingerprint density at radius 1 is 1.33 bits per heavy atom. The lowest BCUT2D eigenvalue weighted by molar-refractivity contribution is 0.103. The van der Waals surface area contributed by atoms with Crippen LogP contribution in [0.15, 0.2) is 18.2 Å². The smallest absolute Gasteiger partial charge is 0.129 e. The van der Waals surface area contributed by atoms with Gasteiger partial charge < -0.3 is 5.11 Å². The van der Waals surface area contributed by atoms with E-state index in [9.17, 15) is 13.9 Å². The molecule has 130 valence electrons. The maximum absolute atomic E-state index is 13.9. The van der Waals surface area contributed by atoms with E-state index in [0.29, 0.717) is 0 Å². The van der Waals surface area contributed by atoms with Gasteiger partial charge in [0.25, 0.3) is 0 Å². The molecule has 0 spiro atoms. The Morgan fingerprint density at radius 3 is 2.75 bits per heavy atom. The van der Waals surface area contributed by atoms with Crippen molar-refractivity contribution in [1.82, 2.24) is 14.7 Å². The van der Waals surface area contributed by atoms with Crippen LogP contribution in [0.2, 0.25) is 0 Å². The molecule has 1 aliphatic heterocycles. The summed E-state index contributed by atoms with van der Waals surface area (Å²) in [6, 6.07) is 3.35. The molecule has 1 fully saturated rings. The second-order valence-electron chi connectivity index (χ2n) is 6.54. The lowest BCUT2D eigenvalue weighted by Gasteiger charge is -2.27. The van der Waals surface area contributed by atoms with E-state index in [-0.39, 0.29) is 18.2 Å². The molecule has 2 atom stereocenters. The third-order valence-corrected chi connectivity index (χ3v) is 4.99. The van der Waals surface area contributed by atoms with E-state index < -0.39 is 17.7 Å². The molecule has 0 bridgehead atoms. The van der Waals surface area contributed by atoms with Gasteiger partial charge in [0.1, 0.15) is 11.6 Å². The number of aliphatic hydroxyl groups excluding tert-OH is 1. The van der Waals surface area contributed by atoms with Gasteiger partial charge in [-0.25, -0.2) is 8.78 Å². The fourth-order valence-electron chi connectivity index (χ4n) is 3.73. The van der Waals surface area contributed by atoms with Gasteiger partial charge in [-0.3, -0.25) is 9.58 Å². The Kier molecular flexibility index (Phi) is 4.69. The highest BCUT2D eigenvalue weighted by molar-refractivity contribution is 5.29. The summed E-state index contributed by atoms with van der Waals surface area (Å²) in [7, 11) is 1.92. The summed E-state index contributed by atoms with van der Waals surface area (Å²) >= 11 is 0. The van der Waals surface area contributed by atoms with E-state index in [4.69, 9.17) is 0 Å². The molecule has 4 nitrogen and oxygen atoms in total. The minimum Gasteiger partial charge on any atom is -0.387 e. The van der Waals surface area contributed by atoms with Crippen LogP contribution in [-0.4, -0.2) is 32.9 Å². The first-order valence-corrected chi connectivity index (χ1v) is 8.25. The molecule has 24 heavy (non-hydrogen) atoms. The van der Waals surface area contributed by atoms with Gasteiger partial charge in [-0.05, 0) is 51.4 Å². The zero-order valence-electron chi connectivity index (χ0n) is 14.3.